The molecule has 1 unspecified atom stereocenters. The van der Waals surface area contributed by atoms with Crippen molar-refractivity contribution in [2.45, 2.75) is 65.3 Å². The van der Waals surface area contributed by atoms with Gasteiger partial charge in [0.05, 0.1) is 6.04 Å². The van der Waals surface area contributed by atoms with Gasteiger partial charge in [-0.1, -0.05) is 20.8 Å². The van der Waals surface area contributed by atoms with E-state index in [1.807, 2.05) is 0 Å². The van der Waals surface area contributed by atoms with Crippen molar-refractivity contribution in [3.63, 3.8) is 0 Å². The van der Waals surface area contributed by atoms with E-state index in [1.165, 1.54) is 25.7 Å². The molecule has 110 valence electrons. The monoisotopic (exact) mass is 266 g/mol. The summed E-state index contributed by atoms with van der Waals surface area (Å²) in [5.41, 5.74) is 5.99. The number of amides is 1. The van der Waals surface area contributed by atoms with E-state index in [4.69, 9.17) is 5.73 Å². The Labute approximate surface area is 117 Å². The largest absolute Gasteiger partial charge is 0.368 e. The number of rotatable bonds is 5. The maximum absolute atomic E-state index is 11.7. The molecule has 2 aliphatic carbocycles. The fraction of sp³-hybridized carbons (Fsp3) is 0.938. The summed E-state index contributed by atoms with van der Waals surface area (Å²) >= 11 is 0. The Morgan fingerprint density at radius 2 is 1.74 bits per heavy atom. The molecule has 2 aliphatic rings. The van der Waals surface area contributed by atoms with Crippen LogP contribution in [0, 0.1) is 23.2 Å². The molecule has 0 saturated heterocycles. The summed E-state index contributed by atoms with van der Waals surface area (Å²) in [6.45, 7) is 7.96. The lowest BCUT2D eigenvalue weighted by molar-refractivity contribution is -0.121. The van der Waals surface area contributed by atoms with Crippen LogP contribution < -0.4 is 11.1 Å². The van der Waals surface area contributed by atoms with Crippen LogP contribution in [0.3, 0.4) is 0 Å². The van der Waals surface area contributed by atoms with E-state index in [1.54, 1.807) is 0 Å². The van der Waals surface area contributed by atoms with Crippen LogP contribution >= 0.6 is 0 Å². The Morgan fingerprint density at radius 3 is 2.16 bits per heavy atom. The Hall–Kier alpha value is -0.570. The minimum atomic E-state index is -0.153. The van der Waals surface area contributed by atoms with Gasteiger partial charge in [-0.05, 0) is 68.2 Å². The fourth-order valence-electron chi connectivity index (χ4n) is 3.43. The van der Waals surface area contributed by atoms with Crippen molar-refractivity contribution in [3.8, 4) is 0 Å². The summed E-state index contributed by atoms with van der Waals surface area (Å²) in [6, 6.07) is -0.0958. The molecule has 0 aromatic carbocycles. The highest BCUT2D eigenvalue weighted by atomic mass is 16.1. The third-order valence-electron chi connectivity index (χ3n) is 5.10. The van der Waals surface area contributed by atoms with Gasteiger partial charge in [-0.3, -0.25) is 4.79 Å². The van der Waals surface area contributed by atoms with Crippen LogP contribution in [0.4, 0.5) is 0 Å². The van der Waals surface area contributed by atoms with Crippen molar-refractivity contribution in [1.82, 2.24) is 5.32 Å². The molecule has 3 N–H and O–H groups in total. The van der Waals surface area contributed by atoms with E-state index in [2.05, 4.69) is 26.1 Å². The van der Waals surface area contributed by atoms with Crippen molar-refractivity contribution < 1.29 is 4.79 Å². The number of hydrogen-bond acceptors (Lipinski definition) is 2. The first-order valence-corrected chi connectivity index (χ1v) is 7.90. The number of primary amides is 1. The van der Waals surface area contributed by atoms with E-state index in [9.17, 15) is 4.79 Å². The first-order valence-electron chi connectivity index (χ1n) is 7.90. The van der Waals surface area contributed by atoms with Crippen LogP contribution in [-0.2, 0) is 4.79 Å². The highest BCUT2D eigenvalue weighted by molar-refractivity contribution is 5.80. The molecule has 0 heterocycles. The number of nitrogens with one attached hydrogen (secondary N) is 1. The van der Waals surface area contributed by atoms with Crippen molar-refractivity contribution in [3.05, 3.63) is 0 Å². The van der Waals surface area contributed by atoms with Gasteiger partial charge in [0, 0.05) is 0 Å². The molecule has 0 bridgehead atoms. The van der Waals surface area contributed by atoms with Crippen LogP contribution in [-0.4, -0.2) is 18.5 Å². The Morgan fingerprint density at radius 1 is 1.16 bits per heavy atom. The average molecular weight is 266 g/mol. The molecular formula is C16H30N2O. The predicted molar refractivity (Wildman–Crippen MR) is 78.6 cm³/mol. The molecule has 1 atom stereocenters. The van der Waals surface area contributed by atoms with Crippen LogP contribution in [0.25, 0.3) is 0 Å². The van der Waals surface area contributed by atoms with Gasteiger partial charge >= 0.3 is 0 Å². The maximum Gasteiger partial charge on any atom is 0.234 e. The number of carbonyl (C=O) groups excluding carboxylic acids is 1. The van der Waals surface area contributed by atoms with E-state index in [-0.39, 0.29) is 11.9 Å². The average Bonchev–Trinajstić information content (AvgIpc) is 3.12. The van der Waals surface area contributed by atoms with Gasteiger partial charge < -0.3 is 11.1 Å². The quantitative estimate of drug-likeness (QED) is 0.804. The fourth-order valence-corrected chi connectivity index (χ4v) is 3.43. The molecule has 0 aromatic heterocycles. The zero-order chi connectivity index (χ0) is 14.0. The molecule has 19 heavy (non-hydrogen) atoms. The Bertz CT molecular complexity index is 309. The molecule has 0 spiro atoms. The summed E-state index contributed by atoms with van der Waals surface area (Å²) in [5, 5.41) is 3.43. The molecule has 2 fully saturated rings. The maximum atomic E-state index is 11.7. The Balaban J connectivity index is 1.84. The van der Waals surface area contributed by atoms with E-state index in [0.29, 0.717) is 11.3 Å². The highest BCUT2D eigenvalue weighted by Gasteiger charge is 2.35. The second-order valence-electron chi connectivity index (χ2n) is 7.71. The third-order valence-corrected chi connectivity index (χ3v) is 5.10. The first kappa shape index (κ1) is 14.8. The van der Waals surface area contributed by atoms with Gasteiger partial charge in [0.15, 0.2) is 0 Å². The molecule has 0 aliphatic heterocycles. The smallest absolute Gasteiger partial charge is 0.234 e. The van der Waals surface area contributed by atoms with Crippen LogP contribution in [0.15, 0.2) is 0 Å². The van der Waals surface area contributed by atoms with Crippen molar-refractivity contribution in [2.75, 3.05) is 6.54 Å². The molecule has 0 aromatic rings. The molecule has 3 heteroatoms. The van der Waals surface area contributed by atoms with Gasteiger partial charge in [0.25, 0.3) is 0 Å². The zero-order valence-electron chi connectivity index (χ0n) is 12.7. The lowest BCUT2D eigenvalue weighted by Crippen LogP contribution is -2.48. The molecular weight excluding hydrogens is 236 g/mol. The SMILES string of the molecule is CC(C)(C)C1CCC(C(NCC2CC2)C(N)=O)CC1. The van der Waals surface area contributed by atoms with Gasteiger partial charge in [0.1, 0.15) is 0 Å². The van der Waals surface area contributed by atoms with Crippen LogP contribution in [0.1, 0.15) is 59.3 Å². The summed E-state index contributed by atoms with van der Waals surface area (Å²) in [6.07, 6.45) is 7.40. The summed E-state index contributed by atoms with van der Waals surface area (Å²) < 4.78 is 0. The standard InChI is InChI=1S/C16H30N2O/c1-16(2,3)13-8-6-12(7-9-13)14(15(17)19)18-10-11-4-5-11/h11-14,18H,4-10H2,1-3H3,(H2,17,19). The summed E-state index contributed by atoms with van der Waals surface area (Å²) in [5.74, 6) is 1.89. The van der Waals surface area contributed by atoms with Gasteiger partial charge in [-0.15, -0.1) is 0 Å². The topological polar surface area (TPSA) is 55.1 Å². The van der Waals surface area contributed by atoms with Gasteiger partial charge in [-0.2, -0.15) is 0 Å². The number of nitrogens with two attached hydrogens (primary N) is 1. The molecule has 0 radical (unpaired) electrons. The van der Waals surface area contributed by atoms with Gasteiger partial charge in [0.2, 0.25) is 5.91 Å². The lowest BCUT2D eigenvalue weighted by Gasteiger charge is -2.39. The van der Waals surface area contributed by atoms with E-state index in [0.717, 1.165) is 31.2 Å². The van der Waals surface area contributed by atoms with Crippen LogP contribution in [0.5, 0.6) is 0 Å². The normalized spacial score (nSPS) is 30.1. The highest BCUT2D eigenvalue weighted by Crippen LogP contribution is 2.40. The second-order valence-corrected chi connectivity index (χ2v) is 7.71. The van der Waals surface area contributed by atoms with Crippen molar-refractivity contribution in [1.29, 1.82) is 0 Å². The summed E-state index contributed by atoms with van der Waals surface area (Å²) in [7, 11) is 0. The summed E-state index contributed by atoms with van der Waals surface area (Å²) in [4.78, 5) is 11.7. The number of hydrogen-bond donors (Lipinski definition) is 2. The van der Waals surface area contributed by atoms with E-state index >= 15 is 0 Å². The molecule has 1 amide bonds. The first-order chi connectivity index (χ1) is 8.88. The minimum absolute atomic E-state index is 0.0958. The van der Waals surface area contributed by atoms with Crippen LogP contribution in [0.2, 0.25) is 0 Å². The van der Waals surface area contributed by atoms with Crippen molar-refractivity contribution in [2.24, 2.45) is 28.9 Å². The second kappa shape index (κ2) is 5.82. The predicted octanol–water partition coefficient (Wildman–Crippen LogP) is 2.69. The van der Waals surface area contributed by atoms with Gasteiger partial charge in [-0.25, -0.2) is 0 Å². The number of carbonyl (C=O) groups is 1. The molecule has 3 nitrogen and oxygen atoms in total. The lowest BCUT2D eigenvalue weighted by atomic mass is 9.68. The zero-order valence-corrected chi connectivity index (χ0v) is 12.7. The molecule has 2 rings (SSSR count). The van der Waals surface area contributed by atoms with Crippen molar-refractivity contribution >= 4 is 5.91 Å². The van der Waals surface area contributed by atoms with E-state index < -0.39 is 0 Å². The Kier molecular flexibility index (Phi) is 4.54. The minimum Gasteiger partial charge on any atom is -0.368 e. The molecule has 2 saturated carbocycles. The third kappa shape index (κ3) is 4.20.